The maximum Gasteiger partial charge on any atom is 0.328 e. The van der Waals surface area contributed by atoms with Gasteiger partial charge in [-0.05, 0) is 43.9 Å². The van der Waals surface area contributed by atoms with E-state index in [9.17, 15) is 34.5 Å². The number of carboxylic acid groups (broad SMARTS) is 1. The minimum absolute atomic E-state index is 0.0838. The Morgan fingerprint density at radius 2 is 1.82 bits per heavy atom. The van der Waals surface area contributed by atoms with Crippen molar-refractivity contribution in [2.24, 2.45) is 5.73 Å². The Morgan fingerprint density at radius 1 is 1.18 bits per heavy atom. The third-order valence-electron chi connectivity index (χ3n) is 5.41. The van der Waals surface area contributed by atoms with Gasteiger partial charge in [-0.15, -0.1) is 0 Å². The third kappa shape index (κ3) is 6.88. The summed E-state index contributed by atoms with van der Waals surface area (Å²) >= 11 is 0. The maximum absolute atomic E-state index is 12.9. The van der Waals surface area contributed by atoms with Gasteiger partial charge < -0.3 is 41.7 Å². The van der Waals surface area contributed by atoms with Crippen LogP contribution in [0.15, 0.2) is 24.3 Å². The summed E-state index contributed by atoms with van der Waals surface area (Å²) < 4.78 is 0. The van der Waals surface area contributed by atoms with Gasteiger partial charge in [-0.2, -0.15) is 0 Å². The van der Waals surface area contributed by atoms with E-state index in [4.69, 9.17) is 10.8 Å². The quantitative estimate of drug-likeness (QED) is 0.197. The van der Waals surface area contributed by atoms with E-state index in [-0.39, 0.29) is 12.2 Å². The maximum atomic E-state index is 12.9. The van der Waals surface area contributed by atoms with Crippen LogP contribution < -0.4 is 16.4 Å². The molecule has 182 valence electrons. The fourth-order valence-corrected chi connectivity index (χ4v) is 3.59. The molecule has 1 aliphatic rings. The highest BCUT2D eigenvalue weighted by Crippen LogP contribution is 2.20. The van der Waals surface area contributed by atoms with Crippen molar-refractivity contribution in [2.75, 3.05) is 13.2 Å². The predicted octanol–water partition coefficient (Wildman–Crippen LogP) is -2.32. The highest BCUT2D eigenvalue weighted by atomic mass is 16.4. The summed E-state index contributed by atoms with van der Waals surface area (Å²) in [5.74, 6) is -3.52. The number of carbonyl (C=O) groups is 4. The standard InChI is InChI=1S/C21H30N4O8/c1-11(27)17(21(32)33)24-18(29)15(10-26)23-19(30)16-3-2-8-25(16)20(31)14(22)9-12-4-6-13(28)7-5-12/h4-7,11,14-17,26-28H,2-3,8-10,22H2,1H3,(H,23,30)(H,24,29)(H,32,33). The van der Waals surface area contributed by atoms with Crippen LogP contribution in [0, 0.1) is 0 Å². The molecule has 1 fully saturated rings. The van der Waals surface area contributed by atoms with Crippen LogP contribution in [0.3, 0.4) is 0 Å². The number of nitrogens with zero attached hydrogens (tertiary/aromatic N) is 1. The van der Waals surface area contributed by atoms with E-state index in [0.29, 0.717) is 19.4 Å². The van der Waals surface area contributed by atoms with E-state index < -0.39 is 60.6 Å². The summed E-state index contributed by atoms with van der Waals surface area (Å²) in [6.07, 6.45) is -0.343. The highest BCUT2D eigenvalue weighted by Gasteiger charge is 2.38. The molecule has 12 heteroatoms. The van der Waals surface area contributed by atoms with Crippen LogP contribution >= 0.6 is 0 Å². The number of nitrogens with two attached hydrogens (primary N) is 1. The lowest BCUT2D eigenvalue weighted by Gasteiger charge is -2.28. The SMILES string of the molecule is CC(O)C(NC(=O)C(CO)NC(=O)C1CCCN1C(=O)C(N)Cc1ccc(O)cc1)C(=O)O. The molecule has 2 rings (SSSR count). The van der Waals surface area contributed by atoms with Gasteiger partial charge in [0.05, 0.1) is 18.8 Å². The Bertz CT molecular complexity index is 860. The van der Waals surface area contributed by atoms with Crippen molar-refractivity contribution in [3.05, 3.63) is 29.8 Å². The monoisotopic (exact) mass is 466 g/mol. The average Bonchev–Trinajstić information content (AvgIpc) is 3.26. The van der Waals surface area contributed by atoms with Crippen molar-refractivity contribution < 1.29 is 39.6 Å². The van der Waals surface area contributed by atoms with E-state index >= 15 is 0 Å². The molecule has 1 aromatic carbocycles. The van der Waals surface area contributed by atoms with Gasteiger partial charge in [-0.1, -0.05) is 12.1 Å². The van der Waals surface area contributed by atoms with E-state index in [1.165, 1.54) is 24.0 Å². The number of hydrogen-bond acceptors (Lipinski definition) is 8. The van der Waals surface area contributed by atoms with Crippen LogP contribution in [0.4, 0.5) is 0 Å². The number of phenolic OH excluding ortho intramolecular Hbond substituents is 1. The molecule has 3 amide bonds. The Balaban J connectivity index is 2.01. The van der Waals surface area contributed by atoms with Gasteiger partial charge in [0.2, 0.25) is 17.7 Å². The molecule has 0 spiro atoms. The van der Waals surface area contributed by atoms with Crippen LogP contribution in [0.1, 0.15) is 25.3 Å². The summed E-state index contributed by atoms with van der Waals surface area (Å²) in [7, 11) is 0. The zero-order valence-corrected chi connectivity index (χ0v) is 18.2. The Kier molecular flexibility index (Phi) is 9.14. The predicted molar refractivity (Wildman–Crippen MR) is 115 cm³/mol. The molecule has 1 aromatic rings. The number of benzene rings is 1. The largest absolute Gasteiger partial charge is 0.508 e. The van der Waals surface area contributed by atoms with Crippen LogP contribution in [0.25, 0.3) is 0 Å². The molecule has 0 bridgehead atoms. The number of aliphatic hydroxyl groups is 2. The van der Waals surface area contributed by atoms with E-state index in [0.717, 1.165) is 5.56 Å². The first-order chi connectivity index (χ1) is 15.5. The van der Waals surface area contributed by atoms with Gasteiger partial charge in [-0.25, -0.2) is 4.79 Å². The fourth-order valence-electron chi connectivity index (χ4n) is 3.59. The average molecular weight is 466 g/mol. The van der Waals surface area contributed by atoms with Gasteiger partial charge >= 0.3 is 5.97 Å². The van der Waals surface area contributed by atoms with Crippen molar-refractivity contribution in [3.8, 4) is 5.75 Å². The van der Waals surface area contributed by atoms with E-state index in [2.05, 4.69) is 10.6 Å². The lowest BCUT2D eigenvalue weighted by atomic mass is 10.0. The van der Waals surface area contributed by atoms with Crippen LogP contribution in [-0.4, -0.2) is 92.4 Å². The molecule has 8 N–H and O–H groups in total. The number of likely N-dealkylation sites (tertiary alicyclic amines) is 1. The Morgan fingerprint density at radius 3 is 2.36 bits per heavy atom. The number of nitrogens with one attached hydrogen (secondary N) is 2. The third-order valence-corrected chi connectivity index (χ3v) is 5.41. The summed E-state index contributed by atoms with van der Waals surface area (Å²) in [5, 5.41) is 41.9. The second-order valence-electron chi connectivity index (χ2n) is 7.98. The molecular weight excluding hydrogens is 436 g/mol. The lowest BCUT2D eigenvalue weighted by Crippen LogP contribution is -2.59. The summed E-state index contributed by atoms with van der Waals surface area (Å²) in [5.41, 5.74) is 6.78. The van der Waals surface area contributed by atoms with Crippen molar-refractivity contribution in [2.45, 2.75) is 56.5 Å². The topological polar surface area (TPSA) is 203 Å². The summed E-state index contributed by atoms with van der Waals surface area (Å²) in [4.78, 5) is 50.4. The minimum Gasteiger partial charge on any atom is -0.508 e. The number of phenols is 1. The van der Waals surface area contributed by atoms with Crippen LogP contribution in [0.5, 0.6) is 5.75 Å². The first kappa shape index (κ1) is 26.0. The normalized spacial score (nSPS) is 19.3. The van der Waals surface area contributed by atoms with Crippen LogP contribution in [-0.2, 0) is 25.6 Å². The second kappa shape index (κ2) is 11.6. The number of hydrogen-bond donors (Lipinski definition) is 7. The van der Waals surface area contributed by atoms with E-state index in [1.54, 1.807) is 12.1 Å². The molecule has 0 saturated carbocycles. The second-order valence-corrected chi connectivity index (χ2v) is 7.98. The molecule has 0 aromatic heterocycles. The first-order valence-corrected chi connectivity index (χ1v) is 10.5. The zero-order valence-electron chi connectivity index (χ0n) is 18.2. The number of carbonyl (C=O) groups excluding carboxylic acids is 3. The Labute approximate surface area is 190 Å². The van der Waals surface area contributed by atoms with Gasteiger partial charge in [0, 0.05) is 6.54 Å². The molecule has 0 radical (unpaired) electrons. The summed E-state index contributed by atoms with van der Waals surface area (Å²) in [6.45, 7) is 0.652. The van der Waals surface area contributed by atoms with Crippen molar-refractivity contribution in [1.29, 1.82) is 0 Å². The number of aliphatic hydroxyl groups excluding tert-OH is 2. The summed E-state index contributed by atoms with van der Waals surface area (Å²) in [6, 6.07) is 1.31. The van der Waals surface area contributed by atoms with Crippen molar-refractivity contribution in [1.82, 2.24) is 15.5 Å². The number of aromatic hydroxyl groups is 1. The Hall–Kier alpha value is -3.22. The van der Waals surface area contributed by atoms with Crippen molar-refractivity contribution >= 4 is 23.7 Å². The zero-order chi connectivity index (χ0) is 24.7. The van der Waals surface area contributed by atoms with Gasteiger partial charge in [0.1, 0.15) is 17.8 Å². The molecule has 1 saturated heterocycles. The first-order valence-electron chi connectivity index (χ1n) is 10.5. The molecular formula is C21H30N4O8. The molecule has 5 atom stereocenters. The minimum atomic E-state index is -1.62. The molecule has 12 nitrogen and oxygen atoms in total. The van der Waals surface area contributed by atoms with Crippen LogP contribution in [0.2, 0.25) is 0 Å². The van der Waals surface area contributed by atoms with Gasteiger partial charge in [0.25, 0.3) is 0 Å². The molecule has 1 aliphatic heterocycles. The van der Waals surface area contributed by atoms with Gasteiger partial charge in [-0.3, -0.25) is 14.4 Å². The number of amides is 3. The fraction of sp³-hybridized carbons (Fsp3) is 0.524. The smallest absolute Gasteiger partial charge is 0.328 e. The molecule has 5 unspecified atom stereocenters. The van der Waals surface area contributed by atoms with Gasteiger partial charge in [0.15, 0.2) is 6.04 Å². The highest BCUT2D eigenvalue weighted by molar-refractivity contribution is 5.94. The molecule has 0 aliphatic carbocycles. The molecule has 33 heavy (non-hydrogen) atoms. The number of aliphatic carboxylic acids is 1. The van der Waals surface area contributed by atoms with Crippen molar-refractivity contribution in [3.63, 3.8) is 0 Å². The number of rotatable bonds is 10. The number of carboxylic acids is 1. The molecule has 1 heterocycles. The lowest BCUT2D eigenvalue weighted by molar-refractivity contribution is -0.145. The van der Waals surface area contributed by atoms with E-state index in [1.807, 2.05) is 0 Å².